The smallest absolute Gasteiger partial charge is 0.239 e. The number of piperazine rings is 1. The van der Waals surface area contributed by atoms with Gasteiger partial charge in [0.05, 0.1) is 13.1 Å². The molecule has 1 aliphatic rings. The highest BCUT2D eigenvalue weighted by Gasteiger charge is 2.21. The first-order valence-corrected chi connectivity index (χ1v) is 7.68. The highest BCUT2D eigenvalue weighted by Crippen LogP contribution is 2.20. The van der Waals surface area contributed by atoms with Gasteiger partial charge in [-0.3, -0.25) is 14.5 Å². The minimum Gasteiger partial charge on any atom is -0.353 e. The van der Waals surface area contributed by atoms with Crippen molar-refractivity contribution in [2.24, 2.45) is 0 Å². The molecule has 0 radical (unpaired) electrons. The summed E-state index contributed by atoms with van der Waals surface area (Å²) in [5.41, 5.74) is 0. The van der Waals surface area contributed by atoms with Crippen molar-refractivity contribution >= 4 is 39.1 Å². The second-order valence-electron chi connectivity index (χ2n) is 4.57. The Hall–Kier alpha value is -0.920. The molecule has 2 amide bonds. The van der Waals surface area contributed by atoms with Gasteiger partial charge in [-0.2, -0.15) is 0 Å². The minimum absolute atomic E-state index is 0.00738. The molecule has 7 heteroatoms. The standard InChI is InChI=1S/C12H16BrN3O2S/c1-15(5-10-4-9(13)8-19-10)7-12(18)16-3-2-14-11(17)6-16/h4,8H,2-3,5-7H2,1H3,(H,14,17). The molecule has 0 unspecified atom stereocenters. The van der Waals surface area contributed by atoms with Gasteiger partial charge >= 0.3 is 0 Å². The molecule has 1 aromatic heterocycles. The van der Waals surface area contributed by atoms with Crippen molar-refractivity contribution in [3.05, 3.63) is 20.8 Å². The molecule has 1 N–H and O–H groups in total. The van der Waals surface area contributed by atoms with E-state index in [-0.39, 0.29) is 18.4 Å². The van der Waals surface area contributed by atoms with Crippen LogP contribution in [0.15, 0.2) is 15.9 Å². The monoisotopic (exact) mass is 345 g/mol. The molecule has 1 fully saturated rings. The van der Waals surface area contributed by atoms with Crippen molar-refractivity contribution < 1.29 is 9.59 Å². The second-order valence-corrected chi connectivity index (χ2v) is 6.48. The lowest BCUT2D eigenvalue weighted by molar-refractivity contribution is -0.138. The lowest BCUT2D eigenvalue weighted by Gasteiger charge is -2.28. The van der Waals surface area contributed by atoms with Crippen molar-refractivity contribution in [1.29, 1.82) is 0 Å². The van der Waals surface area contributed by atoms with Gasteiger partial charge < -0.3 is 10.2 Å². The van der Waals surface area contributed by atoms with Crippen LogP contribution in [-0.4, -0.2) is 54.8 Å². The number of hydrogen-bond donors (Lipinski definition) is 1. The Bertz CT molecular complexity index is 477. The van der Waals surface area contributed by atoms with Gasteiger partial charge in [0, 0.05) is 34.4 Å². The molecule has 2 rings (SSSR count). The lowest BCUT2D eigenvalue weighted by atomic mass is 10.3. The Kier molecular flexibility index (Phi) is 4.95. The quantitative estimate of drug-likeness (QED) is 0.882. The van der Waals surface area contributed by atoms with Gasteiger partial charge in [-0.15, -0.1) is 11.3 Å². The van der Waals surface area contributed by atoms with Gasteiger partial charge in [0.25, 0.3) is 0 Å². The Balaban J connectivity index is 1.82. The molecule has 0 aromatic carbocycles. The molecule has 0 atom stereocenters. The predicted molar refractivity (Wildman–Crippen MR) is 77.9 cm³/mol. The number of hydrogen-bond acceptors (Lipinski definition) is 4. The minimum atomic E-state index is -0.0792. The van der Waals surface area contributed by atoms with Gasteiger partial charge in [-0.25, -0.2) is 0 Å². The first-order chi connectivity index (χ1) is 9.04. The van der Waals surface area contributed by atoms with E-state index in [0.717, 1.165) is 11.0 Å². The molecule has 1 aliphatic heterocycles. The third kappa shape index (κ3) is 4.29. The van der Waals surface area contributed by atoms with Crippen LogP contribution < -0.4 is 5.32 Å². The van der Waals surface area contributed by atoms with E-state index in [4.69, 9.17) is 0 Å². The largest absolute Gasteiger partial charge is 0.353 e. The van der Waals surface area contributed by atoms with E-state index in [1.54, 1.807) is 16.2 Å². The number of thiophene rings is 1. The Labute approximate surface area is 124 Å². The van der Waals surface area contributed by atoms with Gasteiger partial charge in [-0.1, -0.05) is 0 Å². The van der Waals surface area contributed by atoms with Crippen molar-refractivity contribution in [2.45, 2.75) is 6.54 Å². The zero-order valence-electron chi connectivity index (χ0n) is 10.7. The number of likely N-dealkylation sites (N-methyl/N-ethyl adjacent to an activating group) is 1. The van der Waals surface area contributed by atoms with Crippen molar-refractivity contribution in [3.63, 3.8) is 0 Å². The number of amides is 2. The average Bonchev–Trinajstić information content (AvgIpc) is 2.74. The molecule has 0 aliphatic carbocycles. The zero-order chi connectivity index (χ0) is 13.8. The summed E-state index contributed by atoms with van der Waals surface area (Å²) >= 11 is 5.08. The van der Waals surface area contributed by atoms with E-state index >= 15 is 0 Å². The SMILES string of the molecule is CN(CC(=O)N1CCNC(=O)C1)Cc1cc(Br)cs1. The topological polar surface area (TPSA) is 52.7 Å². The van der Waals surface area contributed by atoms with Crippen LogP contribution in [0.2, 0.25) is 0 Å². The summed E-state index contributed by atoms with van der Waals surface area (Å²) in [5, 5.41) is 4.74. The van der Waals surface area contributed by atoms with Gasteiger partial charge in [0.15, 0.2) is 0 Å². The number of nitrogens with zero attached hydrogens (tertiary/aromatic N) is 2. The van der Waals surface area contributed by atoms with E-state index in [0.29, 0.717) is 19.6 Å². The van der Waals surface area contributed by atoms with Gasteiger partial charge in [0.1, 0.15) is 0 Å². The molecule has 5 nitrogen and oxygen atoms in total. The van der Waals surface area contributed by atoms with Crippen molar-refractivity contribution in [2.75, 3.05) is 33.2 Å². The maximum Gasteiger partial charge on any atom is 0.239 e. The normalized spacial score (nSPS) is 15.7. The Morgan fingerprint density at radius 1 is 1.63 bits per heavy atom. The molecule has 1 saturated heterocycles. The molecule has 104 valence electrons. The summed E-state index contributed by atoms with van der Waals surface area (Å²) in [4.78, 5) is 28.1. The molecular formula is C12H16BrN3O2S. The molecule has 0 saturated carbocycles. The molecule has 2 heterocycles. The van der Waals surface area contributed by atoms with Crippen LogP contribution in [0.1, 0.15) is 4.88 Å². The molecule has 19 heavy (non-hydrogen) atoms. The van der Waals surface area contributed by atoms with Crippen LogP contribution >= 0.6 is 27.3 Å². The van der Waals surface area contributed by atoms with E-state index in [1.807, 2.05) is 17.3 Å². The van der Waals surface area contributed by atoms with Crippen LogP contribution in [0.5, 0.6) is 0 Å². The number of halogens is 1. The van der Waals surface area contributed by atoms with Crippen LogP contribution in [0.25, 0.3) is 0 Å². The summed E-state index contributed by atoms with van der Waals surface area (Å²) in [7, 11) is 1.91. The maximum absolute atomic E-state index is 12.0. The predicted octanol–water partition coefficient (Wildman–Crippen LogP) is 0.901. The number of carbonyl (C=O) groups excluding carboxylic acids is 2. The fraction of sp³-hybridized carbons (Fsp3) is 0.500. The first kappa shape index (κ1) is 14.5. The van der Waals surface area contributed by atoms with E-state index in [2.05, 4.69) is 27.3 Å². The number of rotatable bonds is 4. The fourth-order valence-corrected chi connectivity index (χ4v) is 3.47. The molecule has 0 bridgehead atoms. The average molecular weight is 346 g/mol. The van der Waals surface area contributed by atoms with E-state index in [1.165, 1.54) is 4.88 Å². The third-order valence-electron chi connectivity index (χ3n) is 2.84. The van der Waals surface area contributed by atoms with Crippen LogP contribution in [0, 0.1) is 0 Å². The van der Waals surface area contributed by atoms with Gasteiger partial charge in [-0.05, 0) is 29.0 Å². The highest BCUT2D eigenvalue weighted by molar-refractivity contribution is 9.10. The number of carbonyl (C=O) groups is 2. The second kappa shape index (κ2) is 6.49. The van der Waals surface area contributed by atoms with E-state index < -0.39 is 0 Å². The molecule has 0 spiro atoms. The summed E-state index contributed by atoms with van der Waals surface area (Å²) in [6, 6.07) is 2.06. The third-order valence-corrected chi connectivity index (χ3v) is 4.53. The maximum atomic E-state index is 12.0. The van der Waals surface area contributed by atoms with Crippen LogP contribution in [0.4, 0.5) is 0 Å². The Morgan fingerprint density at radius 3 is 3.05 bits per heavy atom. The van der Waals surface area contributed by atoms with Crippen LogP contribution in [0.3, 0.4) is 0 Å². The number of nitrogens with one attached hydrogen (secondary N) is 1. The first-order valence-electron chi connectivity index (χ1n) is 6.00. The Morgan fingerprint density at radius 2 is 2.42 bits per heavy atom. The van der Waals surface area contributed by atoms with E-state index in [9.17, 15) is 9.59 Å². The van der Waals surface area contributed by atoms with Crippen LogP contribution in [-0.2, 0) is 16.1 Å². The summed E-state index contributed by atoms with van der Waals surface area (Å²) in [6.07, 6.45) is 0. The van der Waals surface area contributed by atoms with Crippen molar-refractivity contribution in [1.82, 2.24) is 15.1 Å². The molecule has 1 aromatic rings. The summed E-state index contributed by atoms with van der Waals surface area (Å²) in [6.45, 7) is 2.40. The lowest BCUT2D eigenvalue weighted by Crippen LogP contribution is -2.52. The van der Waals surface area contributed by atoms with Gasteiger partial charge in [0.2, 0.25) is 11.8 Å². The fourth-order valence-electron chi connectivity index (χ4n) is 1.94. The zero-order valence-corrected chi connectivity index (χ0v) is 13.1. The van der Waals surface area contributed by atoms with Crippen molar-refractivity contribution in [3.8, 4) is 0 Å². The highest BCUT2D eigenvalue weighted by atomic mass is 79.9. The summed E-state index contributed by atoms with van der Waals surface area (Å²) in [5.74, 6) is -0.0718. The summed E-state index contributed by atoms with van der Waals surface area (Å²) < 4.78 is 1.07. The molecular weight excluding hydrogens is 330 g/mol.